The van der Waals surface area contributed by atoms with Crippen LogP contribution in [0.2, 0.25) is 0 Å². The molecule has 0 saturated carbocycles. The van der Waals surface area contributed by atoms with Crippen LogP contribution in [-0.4, -0.2) is 77.5 Å². The molecular weight excluding hydrogens is 516 g/mol. The van der Waals surface area contributed by atoms with E-state index in [1.54, 1.807) is 6.92 Å². The number of ether oxygens (including phenoxy) is 1. The van der Waals surface area contributed by atoms with Crippen LogP contribution in [0.25, 0.3) is 0 Å². The normalized spacial score (nSPS) is 16.0. The van der Waals surface area contributed by atoms with E-state index in [4.69, 9.17) is 4.74 Å². The zero-order valence-corrected chi connectivity index (χ0v) is 21.6. The van der Waals surface area contributed by atoms with Gasteiger partial charge in [-0.2, -0.15) is 17.7 Å². The van der Waals surface area contributed by atoms with E-state index in [1.807, 2.05) is 6.92 Å². The summed E-state index contributed by atoms with van der Waals surface area (Å²) in [6.07, 6.45) is -0.458. The number of piperazine rings is 1. The van der Waals surface area contributed by atoms with Crippen LogP contribution in [0.4, 0.5) is 14.6 Å². The number of halogens is 2. The lowest BCUT2D eigenvalue weighted by Crippen LogP contribution is -2.50. The average Bonchev–Trinajstić information content (AvgIpc) is 2.84. The number of nitrogens with zero attached hydrogens (tertiary/aromatic N) is 4. The van der Waals surface area contributed by atoms with Crippen LogP contribution in [0.3, 0.4) is 0 Å². The van der Waals surface area contributed by atoms with Gasteiger partial charge in [-0.15, -0.1) is 0 Å². The van der Waals surface area contributed by atoms with Crippen LogP contribution in [0, 0.1) is 11.6 Å². The van der Waals surface area contributed by atoms with Crippen molar-refractivity contribution in [3.05, 3.63) is 41.5 Å². The predicted octanol–water partition coefficient (Wildman–Crippen LogP) is 2.97. The molecule has 36 heavy (non-hydrogen) atoms. The van der Waals surface area contributed by atoms with Gasteiger partial charge in [-0.05, 0) is 19.0 Å². The molecular formula is C22H29F2N5O5S2. The molecule has 0 bridgehead atoms. The first-order valence-electron chi connectivity index (χ1n) is 11.5. The number of aliphatic carboxylic acids is 1. The summed E-state index contributed by atoms with van der Waals surface area (Å²) in [4.78, 5) is 22.0. The molecule has 10 nitrogen and oxygen atoms in total. The third-order valence-electron chi connectivity index (χ3n) is 5.51. The van der Waals surface area contributed by atoms with Crippen molar-refractivity contribution in [2.24, 2.45) is 0 Å². The van der Waals surface area contributed by atoms with Crippen molar-refractivity contribution in [3.8, 4) is 5.88 Å². The second kappa shape index (κ2) is 12.6. The lowest BCUT2D eigenvalue weighted by atomic mass is 10.2. The van der Waals surface area contributed by atoms with Gasteiger partial charge in [0.05, 0.1) is 0 Å². The van der Waals surface area contributed by atoms with Crippen LogP contribution in [0.5, 0.6) is 5.88 Å². The molecule has 1 aliphatic rings. The molecule has 1 aromatic carbocycles. The monoisotopic (exact) mass is 545 g/mol. The van der Waals surface area contributed by atoms with Crippen molar-refractivity contribution in [3.63, 3.8) is 0 Å². The molecule has 14 heteroatoms. The van der Waals surface area contributed by atoms with Crippen LogP contribution in [0.1, 0.15) is 32.3 Å². The molecule has 0 unspecified atom stereocenters. The molecule has 2 heterocycles. The minimum atomic E-state index is -3.96. The zero-order valence-electron chi connectivity index (χ0n) is 20.0. The first-order chi connectivity index (χ1) is 17.1. The van der Waals surface area contributed by atoms with Crippen molar-refractivity contribution in [1.82, 2.24) is 19.2 Å². The van der Waals surface area contributed by atoms with E-state index in [1.165, 1.54) is 22.5 Å². The maximum atomic E-state index is 14.1. The SMILES string of the molecule is CCC[C@@H](Oc1cc(NS(=O)(=O)N2CCN(CC)CC2)nc(SCc2cccc(F)c2F)n1)C(=O)O. The zero-order chi connectivity index (χ0) is 26.3. The molecule has 2 aromatic rings. The highest BCUT2D eigenvalue weighted by molar-refractivity contribution is 7.98. The molecule has 1 saturated heterocycles. The molecule has 0 amide bonds. The van der Waals surface area contributed by atoms with E-state index in [-0.39, 0.29) is 34.6 Å². The molecule has 0 spiro atoms. The van der Waals surface area contributed by atoms with E-state index in [0.717, 1.165) is 24.4 Å². The smallest absolute Gasteiger partial charge is 0.344 e. The quantitative estimate of drug-likeness (QED) is 0.306. The second-order valence-corrected chi connectivity index (χ2v) is 10.7. The van der Waals surface area contributed by atoms with Crippen LogP contribution >= 0.6 is 11.8 Å². The maximum absolute atomic E-state index is 14.1. The van der Waals surface area contributed by atoms with Gasteiger partial charge in [-0.25, -0.2) is 18.6 Å². The Morgan fingerprint density at radius 3 is 2.58 bits per heavy atom. The molecule has 1 aromatic heterocycles. The van der Waals surface area contributed by atoms with Crippen molar-refractivity contribution in [2.45, 2.75) is 43.7 Å². The molecule has 2 N–H and O–H groups in total. The summed E-state index contributed by atoms with van der Waals surface area (Å²) in [6, 6.07) is 4.99. The van der Waals surface area contributed by atoms with Crippen LogP contribution < -0.4 is 9.46 Å². The summed E-state index contributed by atoms with van der Waals surface area (Å²) in [5.41, 5.74) is 0.0697. The van der Waals surface area contributed by atoms with Gasteiger partial charge in [-0.3, -0.25) is 4.72 Å². The number of likely N-dealkylation sites (N-methyl/N-ethyl adjacent to an activating group) is 1. The number of benzene rings is 1. The van der Waals surface area contributed by atoms with Gasteiger partial charge in [0, 0.05) is 43.6 Å². The lowest BCUT2D eigenvalue weighted by Gasteiger charge is -2.33. The number of rotatable bonds is 12. The van der Waals surface area contributed by atoms with E-state index < -0.39 is 33.9 Å². The van der Waals surface area contributed by atoms with Crippen LogP contribution in [-0.2, 0) is 20.8 Å². The van der Waals surface area contributed by atoms with Crippen molar-refractivity contribution in [2.75, 3.05) is 37.4 Å². The highest BCUT2D eigenvalue weighted by Gasteiger charge is 2.27. The molecule has 1 atom stereocenters. The summed E-state index contributed by atoms with van der Waals surface area (Å²) >= 11 is 0.927. The Labute approximate surface area is 213 Å². The van der Waals surface area contributed by atoms with E-state index in [0.29, 0.717) is 32.6 Å². The first kappa shape index (κ1) is 28.0. The Morgan fingerprint density at radius 2 is 1.94 bits per heavy atom. The summed E-state index contributed by atoms with van der Waals surface area (Å²) in [5, 5.41) is 9.44. The first-order valence-corrected chi connectivity index (χ1v) is 13.9. The highest BCUT2D eigenvalue weighted by Crippen LogP contribution is 2.27. The maximum Gasteiger partial charge on any atom is 0.344 e. The van der Waals surface area contributed by atoms with E-state index in [2.05, 4.69) is 19.6 Å². The number of carboxylic acid groups (broad SMARTS) is 1. The molecule has 198 valence electrons. The number of carbonyl (C=O) groups is 1. The molecule has 0 radical (unpaired) electrons. The number of nitrogens with one attached hydrogen (secondary N) is 1. The summed E-state index contributed by atoms with van der Waals surface area (Å²) in [7, 11) is -3.96. The van der Waals surface area contributed by atoms with Crippen molar-refractivity contribution >= 4 is 33.8 Å². The van der Waals surface area contributed by atoms with Gasteiger partial charge >= 0.3 is 16.2 Å². The standard InChI is InChI=1S/C22H29F2N5O5S2/c1-3-6-17(21(30)31)34-19-13-18(27-36(32,33)29-11-9-28(4-2)10-12-29)25-22(26-19)35-14-15-7-5-8-16(23)20(15)24/h5,7-8,13,17H,3-4,6,9-12,14H2,1-2H3,(H,30,31)(H,25,26,27)/t17-/m1/s1. The fourth-order valence-corrected chi connectivity index (χ4v) is 5.47. The molecule has 3 rings (SSSR count). The van der Waals surface area contributed by atoms with E-state index in [9.17, 15) is 27.1 Å². The largest absolute Gasteiger partial charge is 0.479 e. The Bertz CT molecular complexity index is 1160. The summed E-state index contributed by atoms with van der Waals surface area (Å²) in [5.74, 6) is -3.51. The number of anilines is 1. The molecule has 1 fully saturated rings. The molecule has 1 aliphatic heterocycles. The number of carboxylic acids is 1. The Balaban J connectivity index is 1.85. The van der Waals surface area contributed by atoms with Gasteiger partial charge in [0.1, 0.15) is 5.82 Å². The topological polar surface area (TPSA) is 125 Å². The van der Waals surface area contributed by atoms with Crippen molar-refractivity contribution in [1.29, 1.82) is 0 Å². The number of hydrogen-bond donors (Lipinski definition) is 2. The van der Waals surface area contributed by atoms with Gasteiger partial charge in [-0.1, -0.05) is 44.2 Å². The molecule has 0 aliphatic carbocycles. The fraction of sp³-hybridized carbons (Fsp3) is 0.500. The average molecular weight is 546 g/mol. The Morgan fingerprint density at radius 1 is 1.22 bits per heavy atom. The second-order valence-electron chi connectivity index (χ2n) is 8.05. The minimum Gasteiger partial charge on any atom is -0.479 e. The predicted molar refractivity (Wildman–Crippen MR) is 131 cm³/mol. The van der Waals surface area contributed by atoms with Crippen molar-refractivity contribution < 1.29 is 31.8 Å². The van der Waals surface area contributed by atoms with Gasteiger partial charge < -0.3 is 14.7 Å². The number of hydrogen-bond acceptors (Lipinski definition) is 8. The highest BCUT2D eigenvalue weighted by atomic mass is 32.2. The van der Waals surface area contributed by atoms with Gasteiger partial charge in [0.15, 0.2) is 22.9 Å². The van der Waals surface area contributed by atoms with Crippen LogP contribution in [0.15, 0.2) is 29.4 Å². The number of thioether (sulfide) groups is 1. The van der Waals surface area contributed by atoms with E-state index >= 15 is 0 Å². The lowest BCUT2D eigenvalue weighted by molar-refractivity contribution is -0.145. The minimum absolute atomic E-state index is 0.00491. The Kier molecular flexibility index (Phi) is 9.82. The third-order valence-corrected chi connectivity index (χ3v) is 7.92. The van der Waals surface area contributed by atoms with Gasteiger partial charge in [0.2, 0.25) is 5.88 Å². The fourth-order valence-electron chi connectivity index (χ4n) is 3.51. The summed E-state index contributed by atoms with van der Waals surface area (Å²) < 4.78 is 62.8. The third kappa shape index (κ3) is 7.48. The Hall–Kier alpha value is -2.55. The summed E-state index contributed by atoms with van der Waals surface area (Å²) in [6.45, 7) is 6.41. The van der Waals surface area contributed by atoms with Gasteiger partial charge in [0.25, 0.3) is 0 Å². The number of aromatic nitrogens is 2.